The zero-order valence-corrected chi connectivity index (χ0v) is 19.2. The van der Waals surface area contributed by atoms with Gasteiger partial charge >= 0.3 is 0 Å². The van der Waals surface area contributed by atoms with E-state index in [1.54, 1.807) is 0 Å². The number of hydrogen-bond donors (Lipinski definition) is 0. The topological polar surface area (TPSA) is 30.2 Å². The van der Waals surface area contributed by atoms with Crippen LogP contribution in [0.15, 0.2) is 36.4 Å². The molecule has 0 saturated heterocycles. The van der Waals surface area contributed by atoms with Crippen molar-refractivity contribution in [2.45, 2.75) is 84.0 Å². The van der Waals surface area contributed by atoms with Crippen LogP contribution in [-0.2, 0) is 10.8 Å². The Kier molecular flexibility index (Phi) is 4.26. The summed E-state index contributed by atoms with van der Waals surface area (Å²) in [7, 11) is 0. The Labute approximate surface area is 179 Å². The van der Waals surface area contributed by atoms with Crippen LogP contribution in [-0.4, -0.2) is 14.4 Å². The van der Waals surface area contributed by atoms with Crippen LogP contribution in [0.4, 0.5) is 0 Å². The SMILES string of the molecule is CCCC1CCC(C)(C)c2cc1c1c(cc(C(C)(C)C)n3c4ccccc4nc13)n2. The highest BCUT2D eigenvalue weighted by molar-refractivity contribution is 5.99. The number of rotatable bonds is 2. The molecular weight excluding hydrogens is 366 g/mol. The highest BCUT2D eigenvalue weighted by Gasteiger charge is 2.32. The van der Waals surface area contributed by atoms with Crippen molar-refractivity contribution in [3.05, 3.63) is 53.3 Å². The summed E-state index contributed by atoms with van der Waals surface area (Å²) in [5.41, 5.74) is 8.53. The van der Waals surface area contributed by atoms with Crippen molar-refractivity contribution in [3.63, 3.8) is 0 Å². The number of imidazole rings is 1. The Balaban J connectivity index is 1.99. The van der Waals surface area contributed by atoms with E-state index in [9.17, 15) is 0 Å². The van der Waals surface area contributed by atoms with Gasteiger partial charge in [-0.1, -0.05) is 60.1 Å². The van der Waals surface area contributed by atoms with Crippen LogP contribution < -0.4 is 0 Å². The number of hydrogen-bond acceptors (Lipinski definition) is 2. The molecule has 5 rings (SSSR count). The molecule has 1 aliphatic rings. The van der Waals surface area contributed by atoms with Crippen LogP contribution >= 0.6 is 0 Å². The van der Waals surface area contributed by atoms with E-state index in [2.05, 4.69) is 82.3 Å². The molecule has 0 amide bonds. The zero-order chi connectivity index (χ0) is 21.3. The highest BCUT2D eigenvalue weighted by Crippen LogP contribution is 2.44. The van der Waals surface area contributed by atoms with E-state index in [4.69, 9.17) is 9.97 Å². The molecule has 0 radical (unpaired) electrons. The molecule has 1 aliphatic carbocycles. The predicted octanol–water partition coefficient (Wildman–Crippen LogP) is 7.29. The van der Waals surface area contributed by atoms with Crippen molar-refractivity contribution in [1.29, 1.82) is 0 Å². The van der Waals surface area contributed by atoms with Gasteiger partial charge in [0.25, 0.3) is 0 Å². The maximum absolute atomic E-state index is 5.25. The molecule has 4 aromatic rings. The first kappa shape index (κ1) is 19.5. The van der Waals surface area contributed by atoms with Crippen LogP contribution in [0.2, 0.25) is 0 Å². The molecule has 0 fully saturated rings. The van der Waals surface area contributed by atoms with Crippen molar-refractivity contribution in [3.8, 4) is 0 Å². The number of aromatic nitrogens is 3. The molecule has 1 unspecified atom stereocenters. The van der Waals surface area contributed by atoms with Gasteiger partial charge in [-0.3, -0.25) is 9.38 Å². The normalized spacial score (nSPS) is 18.9. The second kappa shape index (κ2) is 6.54. The zero-order valence-electron chi connectivity index (χ0n) is 19.2. The van der Waals surface area contributed by atoms with Gasteiger partial charge in [0.05, 0.1) is 16.6 Å². The monoisotopic (exact) mass is 399 g/mol. The van der Waals surface area contributed by atoms with Gasteiger partial charge in [-0.15, -0.1) is 0 Å². The Bertz CT molecular complexity index is 1270. The van der Waals surface area contributed by atoms with E-state index in [0.29, 0.717) is 5.92 Å². The highest BCUT2D eigenvalue weighted by atomic mass is 15.0. The minimum absolute atomic E-state index is 0.00766. The lowest BCUT2D eigenvalue weighted by molar-refractivity contribution is 0.426. The van der Waals surface area contributed by atoms with Gasteiger partial charge in [-0.2, -0.15) is 0 Å². The number of fused-ring (bicyclic) bond motifs is 8. The van der Waals surface area contributed by atoms with E-state index in [0.717, 1.165) is 16.7 Å². The van der Waals surface area contributed by atoms with E-state index in [1.165, 1.54) is 53.5 Å². The van der Waals surface area contributed by atoms with Gasteiger partial charge in [0.2, 0.25) is 0 Å². The fraction of sp³-hybridized carbons (Fsp3) is 0.481. The lowest BCUT2D eigenvalue weighted by Crippen LogP contribution is -2.19. The first-order valence-corrected chi connectivity index (χ1v) is 11.5. The maximum Gasteiger partial charge on any atom is 0.147 e. The average Bonchev–Trinajstić information content (AvgIpc) is 3.04. The molecule has 0 aliphatic heterocycles. The van der Waals surface area contributed by atoms with Crippen LogP contribution in [0.5, 0.6) is 0 Å². The summed E-state index contributed by atoms with van der Waals surface area (Å²) in [5, 5.41) is 1.26. The summed E-state index contributed by atoms with van der Waals surface area (Å²) < 4.78 is 2.40. The molecule has 3 heteroatoms. The maximum atomic E-state index is 5.25. The third-order valence-corrected chi connectivity index (χ3v) is 7.03. The molecule has 0 spiro atoms. The van der Waals surface area contributed by atoms with Crippen molar-refractivity contribution in [2.75, 3.05) is 0 Å². The Morgan fingerprint density at radius 1 is 1.07 bits per heavy atom. The molecule has 0 N–H and O–H groups in total. The van der Waals surface area contributed by atoms with Crippen molar-refractivity contribution in [2.24, 2.45) is 0 Å². The molecule has 1 atom stereocenters. The summed E-state index contributed by atoms with van der Waals surface area (Å²) in [6.07, 6.45) is 4.83. The number of benzene rings is 1. The van der Waals surface area contributed by atoms with Gasteiger partial charge in [-0.05, 0) is 55.0 Å². The number of para-hydroxylation sites is 2. The van der Waals surface area contributed by atoms with Gasteiger partial charge in [0.15, 0.2) is 0 Å². The molecule has 0 saturated carbocycles. The smallest absolute Gasteiger partial charge is 0.147 e. The van der Waals surface area contributed by atoms with Crippen LogP contribution in [0.25, 0.3) is 27.6 Å². The lowest BCUT2D eigenvalue weighted by atomic mass is 9.83. The third kappa shape index (κ3) is 2.85. The van der Waals surface area contributed by atoms with Crippen LogP contribution in [0.3, 0.4) is 0 Å². The van der Waals surface area contributed by atoms with Gasteiger partial charge < -0.3 is 0 Å². The summed E-state index contributed by atoms with van der Waals surface area (Å²) in [5.74, 6) is 0.574. The summed E-state index contributed by atoms with van der Waals surface area (Å²) in [6.45, 7) is 13.9. The second-order valence-electron chi connectivity index (χ2n) is 10.8. The quantitative estimate of drug-likeness (QED) is 0.354. The molecular formula is C27H33N3. The van der Waals surface area contributed by atoms with E-state index >= 15 is 0 Å². The van der Waals surface area contributed by atoms with Gasteiger partial charge in [0.1, 0.15) is 5.65 Å². The first-order chi connectivity index (χ1) is 14.2. The minimum atomic E-state index is -0.00766. The standard InChI is InChI=1S/C27H33N3/c1-7-10-17-13-14-27(5,6)22-15-18(17)24-20(28-22)16-23(26(2,3)4)30-21-12-9-8-11-19(21)29-25(24)30/h8-9,11-12,15-17H,7,10,13-14H2,1-6H3. The Hall–Kier alpha value is -2.42. The fourth-order valence-corrected chi connectivity index (χ4v) is 5.25. The van der Waals surface area contributed by atoms with Crippen molar-refractivity contribution >= 4 is 27.6 Å². The molecule has 30 heavy (non-hydrogen) atoms. The van der Waals surface area contributed by atoms with E-state index in [-0.39, 0.29) is 10.8 Å². The predicted molar refractivity (Wildman–Crippen MR) is 127 cm³/mol. The largest absolute Gasteiger partial charge is 0.295 e. The molecule has 156 valence electrons. The second-order valence-corrected chi connectivity index (χ2v) is 10.8. The lowest BCUT2D eigenvalue weighted by Gasteiger charge is -2.24. The van der Waals surface area contributed by atoms with Gasteiger partial charge in [0, 0.05) is 27.6 Å². The first-order valence-electron chi connectivity index (χ1n) is 11.5. The van der Waals surface area contributed by atoms with E-state index < -0.39 is 0 Å². The Morgan fingerprint density at radius 3 is 2.57 bits per heavy atom. The average molecular weight is 400 g/mol. The number of pyridine rings is 2. The summed E-state index contributed by atoms with van der Waals surface area (Å²) >= 11 is 0. The summed E-state index contributed by atoms with van der Waals surface area (Å²) in [4.78, 5) is 10.4. The minimum Gasteiger partial charge on any atom is -0.295 e. The molecule has 1 aromatic carbocycles. The molecule has 2 bridgehead atoms. The fourth-order valence-electron chi connectivity index (χ4n) is 5.25. The van der Waals surface area contributed by atoms with Gasteiger partial charge in [-0.25, -0.2) is 4.98 Å². The third-order valence-electron chi connectivity index (χ3n) is 7.03. The number of nitrogens with zero attached hydrogens (tertiary/aromatic N) is 3. The molecule has 3 nitrogen and oxygen atoms in total. The Morgan fingerprint density at radius 2 is 1.83 bits per heavy atom. The van der Waals surface area contributed by atoms with E-state index in [1.807, 2.05) is 0 Å². The molecule has 3 heterocycles. The van der Waals surface area contributed by atoms with Crippen LogP contribution in [0, 0.1) is 0 Å². The summed E-state index contributed by atoms with van der Waals surface area (Å²) in [6, 6.07) is 13.3. The van der Waals surface area contributed by atoms with Crippen molar-refractivity contribution < 1.29 is 0 Å². The van der Waals surface area contributed by atoms with Crippen LogP contribution in [0.1, 0.15) is 90.1 Å². The molecule has 3 aromatic heterocycles. The van der Waals surface area contributed by atoms with Crippen molar-refractivity contribution in [1.82, 2.24) is 14.4 Å².